The zero-order chi connectivity index (χ0) is 43.2. The SMILES string of the molecule is CC1(C)c2ccccc2-c2nc(-c3ccccc3)nc(-c3ccc(-c4ccc(-c5ccc(-c6nc(-c7ccccc7)nc7c6C(C)(C)c6ccccc6-7)cn5)c5ccccc45)cc3)c21. The van der Waals surface area contributed by atoms with Gasteiger partial charge in [0.2, 0.25) is 0 Å². The zero-order valence-electron chi connectivity index (χ0n) is 36.1. The molecule has 0 bridgehead atoms. The van der Waals surface area contributed by atoms with Crippen LogP contribution in [-0.2, 0) is 10.8 Å². The van der Waals surface area contributed by atoms with Crippen molar-refractivity contribution in [2.45, 2.75) is 38.5 Å². The van der Waals surface area contributed by atoms with Gasteiger partial charge in [-0.2, -0.15) is 0 Å². The molecule has 0 spiro atoms. The first-order chi connectivity index (χ1) is 31.3. The highest BCUT2D eigenvalue weighted by atomic mass is 14.9. The number of nitrogens with zero attached hydrogens (tertiary/aromatic N) is 5. The normalized spacial score (nSPS) is 13.9. The van der Waals surface area contributed by atoms with Crippen molar-refractivity contribution in [3.63, 3.8) is 0 Å². The number of hydrogen-bond acceptors (Lipinski definition) is 5. The van der Waals surface area contributed by atoms with Crippen LogP contribution in [0.15, 0.2) is 188 Å². The van der Waals surface area contributed by atoms with Gasteiger partial charge in [-0.1, -0.05) is 198 Å². The maximum Gasteiger partial charge on any atom is 0.160 e. The Morgan fingerprint density at radius 1 is 0.312 bits per heavy atom. The van der Waals surface area contributed by atoms with Crippen molar-refractivity contribution in [1.29, 1.82) is 0 Å². The van der Waals surface area contributed by atoms with E-state index in [1.807, 2.05) is 42.6 Å². The lowest BCUT2D eigenvalue weighted by Crippen LogP contribution is -2.17. The molecular formula is C59H43N5. The Hall–Kier alpha value is -7.89. The molecule has 64 heavy (non-hydrogen) atoms. The van der Waals surface area contributed by atoms with Gasteiger partial charge >= 0.3 is 0 Å². The Balaban J connectivity index is 0.924. The quantitative estimate of drug-likeness (QED) is 0.167. The van der Waals surface area contributed by atoms with Crippen LogP contribution in [0.1, 0.15) is 49.9 Å². The van der Waals surface area contributed by atoms with E-state index in [4.69, 9.17) is 24.9 Å². The van der Waals surface area contributed by atoms with Crippen LogP contribution in [0.4, 0.5) is 0 Å². The van der Waals surface area contributed by atoms with E-state index in [0.717, 1.165) is 78.6 Å². The summed E-state index contributed by atoms with van der Waals surface area (Å²) >= 11 is 0. The molecule has 0 radical (unpaired) electrons. The van der Waals surface area contributed by atoms with Crippen LogP contribution < -0.4 is 0 Å². The van der Waals surface area contributed by atoms with Crippen LogP contribution in [0, 0.1) is 0 Å². The van der Waals surface area contributed by atoms with E-state index < -0.39 is 0 Å². The summed E-state index contributed by atoms with van der Waals surface area (Å²) in [6.07, 6.45) is 1.99. The Kier molecular flexibility index (Phi) is 8.47. The smallest absolute Gasteiger partial charge is 0.160 e. The van der Waals surface area contributed by atoms with Crippen molar-refractivity contribution >= 4 is 10.8 Å². The summed E-state index contributed by atoms with van der Waals surface area (Å²) in [5, 5.41) is 2.32. The van der Waals surface area contributed by atoms with Gasteiger partial charge in [0.25, 0.3) is 0 Å². The third kappa shape index (κ3) is 5.81. The zero-order valence-corrected chi connectivity index (χ0v) is 36.1. The minimum Gasteiger partial charge on any atom is -0.256 e. The minimum atomic E-state index is -0.276. The van der Waals surface area contributed by atoms with Crippen molar-refractivity contribution < 1.29 is 0 Å². The average molecular weight is 822 g/mol. The van der Waals surface area contributed by atoms with Crippen LogP contribution in [-0.4, -0.2) is 24.9 Å². The first kappa shape index (κ1) is 37.8. The average Bonchev–Trinajstić information content (AvgIpc) is 3.73. The molecule has 2 aliphatic carbocycles. The first-order valence-corrected chi connectivity index (χ1v) is 22.0. The van der Waals surface area contributed by atoms with E-state index >= 15 is 0 Å². The number of aromatic nitrogens is 5. The highest BCUT2D eigenvalue weighted by Gasteiger charge is 2.41. The second-order valence-electron chi connectivity index (χ2n) is 18.0. The predicted molar refractivity (Wildman–Crippen MR) is 261 cm³/mol. The molecule has 7 aromatic carbocycles. The van der Waals surface area contributed by atoms with Crippen LogP contribution >= 0.6 is 0 Å². The Labute approximate surface area is 373 Å². The van der Waals surface area contributed by atoms with E-state index in [1.165, 1.54) is 38.8 Å². The monoisotopic (exact) mass is 821 g/mol. The molecule has 0 amide bonds. The van der Waals surface area contributed by atoms with Crippen molar-refractivity contribution in [2.24, 2.45) is 0 Å². The lowest BCUT2D eigenvalue weighted by molar-refractivity contribution is 0.657. The van der Waals surface area contributed by atoms with E-state index in [2.05, 4.69) is 173 Å². The van der Waals surface area contributed by atoms with Crippen molar-refractivity contribution in [1.82, 2.24) is 24.9 Å². The van der Waals surface area contributed by atoms with Gasteiger partial charge in [-0.25, -0.2) is 19.9 Å². The Morgan fingerprint density at radius 3 is 1.27 bits per heavy atom. The van der Waals surface area contributed by atoms with E-state index in [9.17, 15) is 0 Å². The number of fused-ring (bicyclic) bond motifs is 7. The molecule has 10 aromatic rings. The molecule has 3 heterocycles. The largest absolute Gasteiger partial charge is 0.256 e. The highest BCUT2D eigenvalue weighted by molar-refractivity contribution is 6.04. The topological polar surface area (TPSA) is 64.5 Å². The molecule has 0 N–H and O–H groups in total. The molecule has 0 atom stereocenters. The van der Waals surface area contributed by atoms with Gasteiger partial charge in [0, 0.05) is 67.1 Å². The maximum absolute atomic E-state index is 5.31. The van der Waals surface area contributed by atoms with Crippen LogP contribution in [0.3, 0.4) is 0 Å². The fourth-order valence-corrected chi connectivity index (χ4v) is 10.4. The van der Waals surface area contributed by atoms with Gasteiger partial charge in [0.05, 0.1) is 28.5 Å². The predicted octanol–water partition coefficient (Wildman–Crippen LogP) is 14.4. The lowest BCUT2D eigenvalue weighted by atomic mass is 9.80. The molecule has 0 aliphatic heterocycles. The Morgan fingerprint density at radius 2 is 0.734 bits per heavy atom. The second kappa shape index (κ2) is 14.3. The van der Waals surface area contributed by atoms with E-state index in [0.29, 0.717) is 5.82 Å². The Bertz CT molecular complexity index is 3230. The third-order valence-corrected chi connectivity index (χ3v) is 13.5. The van der Waals surface area contributed by atoms with Gasteiger partial charge in [0.1, 0.15) is 0 Å². The highest BCUT2D eigenvalue weighted by Crippen LogP contribution is 2.53. The van der Waals surface area contributed by atoms with E-state index in [1.54, 1.807) is 0 Å². The van der Waals surface area contributed by atoms with Gasteiger partial charge in [-0.05, 0) is 45.2 Å². The standard InChI is InChI=1S/C59H43N5/c1-58(2)47-25-15-13-23-45(47)54-50(58)52(61-56(63-54)38-17-7-5-8-18-38)37-29-27-36(28-30-37)41-32-33-44(43-22-12-11-21-42(41)43)49-34-31-40(35-60-49)53-51-55(46-24-14-16-26-48(46)59(51,3)4)64-57(62-53)39-19-9-6-10-20-39/h5-35H,1-4H3. The summed E-state index contributed by atoms with van der Waals surface area (Å²) in [7, 11) is 0. The molecule has 12 rings (SSSR count). The summed E-state index contributed by atoms with van der Waals surface area (Å²) in [6, 6.07) is 64.2. The van der Waals surface area contributed by atoms with Gasteiger partial charge < -0.3 is 0 Å². The first-order valence-electron chi connectivity index (χ1n) is 22.0. The fraction of sp³-hybridized carbons (Fsp3) is 0.102. The maximum atomic E-state index is 5.31. The van der Waals surface area contributed by atoms with Crippen molar-refractivity contribution in [3.8, 4) is 90.2 Å². The molecule has 0 saturated heterocycles. The van der Waals surface area contributed by atoms with Crippen LogP contribution in [0.5, 0.6) is 0 Å². The number of benzene rings is 7. The molecule has 304 valence electrons. The van der Waals surface area contributed by atoms with Crippen LogP contribution in [0.2, 0.25) is 0 Å². The lowest BCUT2D eigenvalue weighted by Gasteiger charge is -2.24. The molecule has 3 aromatic heterocycles. The molecule has 0 unspecified atom stereocenters. The molecular weight excluding hydrogens is 779 g/mol. The fourth-order valence-electron chi connectivity index (χ4n) is 10.4. The van der Waals surface area contributed by atoms with Crippen molar-refractivity contribution in [3.05, 3.63) is 210 Å². The summed E-state index contributed by atoms with van der Waals surface area (Å²) in [5.41, 5.74) is 18.9. The van der Waals surface area contributed by atoms with Gasteiger partial charge in [-0.3, -0.25) is 4.98 Å². The van der Waals surface area contributed by atoms with Crippen molar-refractivity contribution in [2.75, 3.05) is 0 Å². The molecule has 0 saturated carbocycles. The molecule has 5 heteroatoms. The minimum absolute atomic E-state index is 0.254. The van der Waals surface area contributed by atoms with Gasteiger partial charge in [-0.15, -0.1) is 0 Å². The van der Waals surface area contributed by atoms with Crippen LogP contribution in [0.25, 0.3) is 101 Å². The summed E-state index contributed by atoms with van der Waals surface area (Å²) < 4.78 is 0. The summed E-state index contributed by atoms with van der Waals surface area (Å²) in [5.74, 6) is 1.45. The van der Waals surface area contributed by atoms with E-state index in [-0.39, 0.29) is 10.8 Å². The number of pyridine rings is 1. The number of hydrogen-bond donors (Lipinski definition) is 0. The summed E-state index contributed by atoms with van der Waals surface area (Å²) in [6.45, 7) is 9.14. The molecule has 5 nitrogen and oxygen atoms in total. The second-order valence-corrected chi connectivity index (χ2v) is 18.0. The summed E-state index contributed by atoms with van der Waals surface area (Å²) in [4.78, 5) is 26.2. The molecule has 2 aliphatic rings. The third-order valence-electron chi connectivity index (χ3n) is 13.5. The van der Waals surface area contributed by atoms with Gasteiger partial charge in [0.15, 0.2) is 11.6 Å². The molecule has 0 fully saturated rings. The number of rotatable bonds is 6.